The van der Waals surface area contributed by atoms with Crippen LogP contribution in [0.1, 0.15) is 20.8 Å². The van der Waals surface area contributed by atoms with E-state index in [0.29, 0.717) is 0 Å². The Morgan fingerprint density at radius 1 is 1.44 bits per heavy atom. The van der Waals surface area contributed by atoms with Crippen LogP contribution in [-0.4, -0.2) is 24.5 Å². The van der Waals surface area contributed by atoms with Gasteiger partial charge in [0.1, 0.15) is 5.54 Å². The molecule has 0 bridgehead atoms. The standard InChI is InChI=1S/C7H13NO/c1-6(2)8-7(3)4-9-5-7/h4-5H2,1-3H3. The Hall–Kier alpha value is -0.370. The van der Waals surface area contributed by atoms with Gasteiger partial charge >= 0.3 is 0 Å². The van der Waals surface area contributed by atoms with Gasteiger partial charge in [-0.3, -0.25) is 4.99 Å². The first-order valence-electron chi connectivity index (χ1n) is 3.23. The number of hydrogen-bond acceptors (Lipinski definition) is 2. The minimum atomic E-state index is 0.110. The normalized spacial score (nSPS) is 22.6. The van der Waals surface area contributed by atoms with Crippen LogP contribution in [0.3, 0.4) is 0 Å². The molecule has 1 saturated heterocycles. The summed E-state index contributed by atoms with van der Waals surface area (Å²) in [4.78, 5) is 4.41. The molecule has 2 nitrogen and oxygen atoms in total. The van der Waals surface area contributed by atoms with Crippen molar-refractivity contribution in [3.05, 3.63) is 0 Å². The molecule has 0 spiro atoms. The van der Waals surface area contributed by atoms with Crippen molar-refractivity contribution < 1.29 is 4.74 Å². The second kappa shape index (κ2) is 2.10. The highest BCUT2D eigenvalue weighted by Gasteiger charge is 2.32. The average Bonchev–Trinajstić information content (AvgIpc) is 1.60. The molecule has 0 radical (unpaired) electrons. The Morgan fingerprint density at radius 3 is 2.11 bits per heavy atom. The maximum absolute atomic E-state index is 5.03. The van der Waals surface area contributed by atoms with Crippen LogP contribution >= 0.6 is 0 Å². The minimum absolute atomic E-state index is 0.110. The van der Waals surface area contributed by atoms with Crippen LogP contribution < -0.4 is 0 Å². The number of ether oxygens (including phenoxy) is 1. The van der Waals surface area contributed by atoms with Crippen molar-refractivity contribution in [3.63, 3.8) is 0 Å². The molecule has 1 rings (SSSR count). The molecular weight excluding hydrogens is 114 g/mol. The van der Waals surface area contributed by atoms with E-state index >= 15 is 0 Å². The first-order valence-corrected chi connectivity index (χ1v) is 3.23. The van der Waals surface area contributed by atoms with Crippen molar-refractivity contribution in [1.29, 1.82) is 0 Å². The van der Waals surface area contributed by atoms with Crippen LogP contribution in [0.5, 0.6) is 0 Å². The summed E-state index contributed by atoms with van der Waals surface area (Å²) in [6.07, 6.45) is 0. The number of hydrogen-bond donors (Lipinski definition) is 0. The molecule has 0 aliphatic carbocycles. The summed E-state index contributed by atoms with van der Waals surface area (Å²) in [5.41, 5.74) is 1.25. The summed E-state index contributed by atoms with van der Waals surface area (Å²) >= 11 is 0. The number of aliphatic imine (C=N–C) groups is 1. The molecule has 0 atom stereocenters. The van der Waals surface area contributed by atoms with Gasteiger partial charge in [0, 0.05) is 5.71 Å². The molecule has 1 aliphatic heterocycles. The maximum atomic E-state index is 5.03. The lowest BCUT2D eigenvalue weighted by Gasteiger charge is -2.34. The lowest BCUT2D eigenvalue weighted by molar-refractivity contribution is -0.0418. The molecule has 0 aromatic rings. The Labute approximate surface area is 55.9 Å². The summed E-state index contributed by atoms with van der Waals surface area (Å²) in [5.74, 6) is 0. The summed E-state index contributed by atoms with van der Waals surface area (Å²) in [7, 11) is 0. The SMILES string of the molecule is CC(C)=NC1(C)COC1. The van der Waals surface area contributed by atoms with E-state index in [2.05, 4.69) is 11.9 Å². The van der Waals surface area contributed by atoms with Crippen LogP contribution in [0.4, 0.5) is 0 Å². The van der Waals surface area contributed by atoms with Gasteiger partial charge in [0.15, 0.2) is 0 Å². The van der Waals surface area contributed by atoms with Gasteiger partial charge in [0.2, 0.25) is 0 Å². The topological polar surface area (TPSA) is 21.6 Å². The molecule has 0 unspecified atom stereocenters. The van der Waals surface area contributed by atoms with Crippen LogP contribution in [0, 0.1) is 0 Å². The van der Waals surface area contributed by atoms with E-state index in [9.17, 15) is 0 Å². The zero-order valence-corrected chi connectivity index (χ0v) is 6.27. The predicted octanol–water partition coefficient (Wildman–Crippen LogP) is 1.26. The Morgan fingerprint density at radius 2 is 2.00 bits per heavy atom. The van der Waals surface area contributed by atoms with Crippen molar-refractivity contribution in [1.82, 2.24) is 0 Å². The Bertz CT molecular complexity index is 132. The molecule has 0 aromatic heterocycles. The van der Waals surface area contributed by atoms with Gasteiger partial charge in [-0.05, 0) is 20.8 Å². The highest BCUT2D eigenvalue weighted by atomic mass is 16.5. The van der Waals surface area contributed by atoms with Crippen molar-refractivity contribution in [2.45, 2.75) is 26.3 Å². The monoisotopic (exact) mass is 127 g/mol. The molecule has 1 aliphatic rings. The molecule has 2 heteroatoms. The van der Waals surface area contributed by atoms with Crippen LogP contribution in [0.2, 0.25) is 0 Å². The van der Waals surface area contributed by atoms with Crippen molar-refractivity contribution in [2.24, 2.45) is 4.99 Å². The third kappa shape index (κ3) is 1.52. The lowest BCUT2D eigenvalue weighted by Crippen LogP contribution is -2.45. The fourth-order valence-corrected chi connectivity index (χ4v) is 1.00. The average molecular weight is 127 g/mol. The zero-order valence-electron chi connectivity index (χ0n) is 6.27. The minimum Gasteiger partial charge on any atom is -0.376 e. The molecular formula is C7H13NO. The molecule has 0 saturated carbocycles. The van der Waals surface area contributed by atoms with Gasteiger partial charge in [0.25, 0.3) is 0 Å². The van der Waals surface area contributed by atoms with E-state index < -0.39 is 0 Å². The predicted molar refractivity (Wildman–Crippen MR) is 38.0 cm³/mol. The van der Waals surface area contributed by atoms with Gasteiger partial charge in [0.05, 0.1) is 13.2 Å². The summed E-state index contributed by atoms with van der Waals surface area (Å²) < 4.78 is 5.03. The summed E-state index contributed by atoms with van der Waals surface area (Å²) in [6, 6.07) is 0. The van der Waals surface area contributed by atoms with Gasteiger partial charge in [-0.1, -0.05) is 0 Å². The van der Waals surface area contributed by atoms with Crippen LogP contribution in [0.25, 0.3) is 0 Å². The fourth-order valence-electron chi connectivity index (χ4n) is 1.00. The lowest BCUT2D eigenvalue weighted by atomic mass is 10.0. The Balaban J connectivity index is 2.51. The number of rotatable bonds is 1. The number of nitrogens with zero attached hydrogens (tertiary/aromatic N) is 1. The van der Waals surface area contributed by atoms with E-state index in [-0.39, 0.29) is 5.54 Å². The molecule has 9 heavy (non-hydrogen) atoms. The maximum Gasteiger partial charge on any atom is 0.104 e. The quantitative estimate of drug-likeness (QED) is 0.486. The highest BCUT2D eigenvalue weighted by molar-refractivity contribution is 5.79. The largest absolute Gasteiger partial charge is 0.376 e. The third-order valence-electron chi connectivity index (χ3n) is 1.32. The smallest absolute Gasteiger partial charge is 0.104 e. The molecule has 0 N–H and O–H groups in total. The van der Waals surface area contributed by atoms with Gasteiger partial charge in [-0.15, -0.1) is 0 Å². The Kier molecular flexibility index (Phi) is 1.58. The summed E-state index contributed by atoms with van der Waals surface area (Å²) in [5, 5.41) is 0. The molecule has 0 aromatic carbocycles. The van der Waals surface area contributed by atoms with E-state index in [1.807, 2.05) is 13.8 Å². The second-order valence-electron chi connectivity index (χ2n) is 3.05. The third-order valence-corrected chi connectivity index (χ3v) is 1.32. The first-order chi connectivity index (χ1) is 4.12. The van der Waals surface area contributed by atoms with Gasteiger partial charge in [-0.2, -0.15) is 0 Å². The molecule has 1 fully saturated rings. The molecule has 1 heterocycles. The zero-order chi connectivity index (χ0) is 6.91. The van der Waals surface area contributed by atoms with Gasteiger partial charge in [-0.25, -0.2) is 0 Å². The van der Waals surface area contributed by atoms with Crippen LogP contribution in [0.15, 0.2) is 4.99 Å². The van der Waals surface area contributed by atoms with E-state index in [1.165, 1.54) is 0 Å². The molecule has 0 amide bonds. The first kappa shape index (κ1) is 6.75. The second-order valence-corrected chi connectivity index (χ2v) is 3.05. The van der Waals surface area contributed by atoms with Crippen molar-refractivity contribution in [3.8, 4) is 0 Å². The van der Waals surface area contributed by atoms with Gasteiger partial charge < -0.3 is 4.74 Å². The van der Waals surface area contributed by atoms with E-state index in [4.69, 9.17) is 4.74 Å². The van der Waals surface area contributed by atoms with E-state index in [1.54, 1.807) is 0 Å². The fraction of sp³-hybridized carbons (Fsp3) is 0.857. The van der Waals surface area contributed by atoms with Crippen molar-refractivity contribution in [2.75, 3.05) is 13.2 Å². The van der Waals surface area contributed by atoms with E-state index in [0.717, 1.165) is 18.9 Å². The van der Waals surface area contributed by atoms with Crippen LogP contribution in [-0.2, 0) is 4.74 Å². The molecule has 52 valence electrons. The highest BCUT2D eigenvalue weighted by Crippen LogP contribution is 2.20. The van der Waals surface area contributed by atoms with Crippen molar-refractivity contribution >= 4 is 5.71 Å². The summed E-state index contributed by atoms with van der Waals surface area (Å²) in [6.45, 7) is 7.73.